The SMILES string of the molecule is CC(=O)CCC(=O)N1CCC(Oc2cc(C)nc(C)n2)CC1. The molecule has 0 bridgehead atoms. The predicted octanol–water partition coefficient (Wildman–Crippen LogP) is 1.83. The van der Waals surface area contributed by atoms with Gasteiger partial charge in [-0.2, -0.15) is 4.98 Å². The van der Waals surface area contributed by atoms with E-state index in [1.807, 2.05) is 24.8 Å². The van der Waals surface area contributed by atoms with E-state index < -0.39 is 0 Å². The lowest BCUT2D eigenvalue weighted by molar-refractivity contribution is -0.134. The number of nitrogens with zero attached hydrogens (tertiary/aromatic N) is 3. The smallest absolute Gasteiger partial charge is 0.223 e. The van der Waals surface area contributed by atoms with Gasteiger partial charge in [0.1, 0.15) is 17.7 Å². The zero-order chi connectivity index (χ0) is 16.1. The monoisotopic (exact) mass is 305 g/mol. The number of rotatable bonds is 5. The number of aromatic nitrogens is 2. The zero-order valence-electron chi connectivity index (χ0n) is 13.5. The first-order valence-electron chi connectivity index (χ1n) is 7.70. The summed E-state index contributed by atoms with van der Waals surface area (Å²) in [5.41, 5.74) is 0.888. The van der Waals surface area contributed by atoms with E-state index in [9.17, 15) is 9.59 Å². The van der Waals surface area contributed by atoms with E-state index in [1.165, 1.54) is 6.92 Å². The molecular weight excluding hydrogens is 282 g/mol. The summed E-state index contributed by atoms with van der Waals surface area (Å²) in [4.78, 5) is 33.2. The third-order valence-electron chi connectivity index (χ3n) is 3.72. The van der Waals surface area contributed by atoms with E-state index in [0.29, 0.717) is 37.6 Å². The van der Waals surface area contributed by atoms with E-state index >= 15 is 0 Å². The van der Waals surface area contributed by atoms with Crippen LogP contribution >= 0.6 is 0 Å². The molecule has 0 N–H and O–H groups in total. The molecular formula is C16H23N3O3. The lowest BCUT2D eigenvalue weighted by Gasteiger charge is -2.32. The Labute approximate surface area is 130 Å². The number of carbonyl (C=O) groups is 2. The first-order chi connectivity index (χ1) is 10.4. The van der Waals surface area contributed by atoms with Crippen molar-refractivity contribution in [1.82, 2.24) is 14.9 Å². The van der Waals surface area contributed by atoms with Crippen molar-refractivity contribution in [1.29, 1.82) is 0 Å². The standard InChI is InChI=1S/C16H23N3O3/c1-11-10-15(18-13(3)17-11)22-14-6-8-19(9-7-14)16(21)5-4-12(2)20/h10,14H,4-9H2,1-3H3. The van der Waals surface area contributed by atoms with Crippen LogP contribution in [0.15, 0.2) is 6.07 Å². The number of ketones is 1. The molecule has 0 unspecified atom stereocenters. The molecule has 1 aromatic heterocycles. The van der Waals surface area contributed by atoms with Crippen molar-refractivity contribution in [3.63, 3.8) is 0 Å². The number of carbonyl (C=O) groups excluding carboxylic acids is 2. The van der Waals surface area contributed by atoms with E-state index in [-0.39, 0.29) is 17.8 Å². The Bertz CT molecular complexity index is 531. The van der Waals surface area contributed by atoms with Gasteiger partial charge in [0.05, 0.1) is 0 Å². The maximum atomic E-state index is 12.0. The molecule has 1 aromatic rings. The molecule has 0 atom stereocenters. The second-order valence-corrected chi connectivity index (χ2v) is 5.79. The second kappa shape index (κ2) is 7.33. The number of Topliss-reactive ketones (excluding diaryl/α,β-unsaturated/α-hetero) is 1. The zero-order valence-corrected chi connectivity index (χ0v) is 13.5. The summed E-state index contributed by atoms with van der Waals surface area (Å²) in [5, 5.41) is 0. The maximum Gasteiger partial charge on any atom is 0.223 e. The Balaban J connectivity index is 1.81. The normalized spacial score (nSPS) is 15.7. The molecule has 1 saturated heterocycles. The van der Waals surface area contributed by atoms with Crippen molar-refractivity contribution in [2.45, 2.75) is 52.6 Å². The third-order valence-corrected chi connectivity index (χ3v) is 3.72. The Morgan fingerprint density at radius 2 is 1.91 bits per heavy atom. The molecule has 1 aliphatic heterocycles. The van der Waals surface area contributed by atoms with Gasteiger partial charge in [-0.25, -0.2) is 4.98 Å². The number of amides is 1. The molecule has 6 heteroatoms. The van der Waals surface area contributed by atoms with Crippen LogP contribution in [0, 0.1) is 13.8 Å². The van der Waals surface area contributed by atoms with Crippen molar-refractivity contribution in [3.8, 4) is 5.88 Å². The lowest BCUT2D eigenvalue weighted by atomic mass is 10.1. The van der Waals surface area contributed by atoms with Gasteiger partial charge in [-0.15, -0.1) is 0 Å². The molecule has 0 aromatic carbocycles. The summed E-state index contributed by atoms with van der Waals surface area (Å²) in [6, 6.07) is 1.83. The third kappa shape index (κ3) is 4.79. The van der Waals surface area contributed by atoms with Gasteiger partial charge in [-0.3, -0.25) is 4.79 Å². The maximum absolute atomic E-state index is 12.0. The van der Waals surface area contributed by atoms with Gasteiger partial charge in [0, 0.05) is 50.5 Å². The van der Waals surface area contributed by atoms with Crippen LogP contribution in [0.3, 0.4) is 0 Å². The number of piperidine rings is 1. The van der Waals surface area contributed by atoms with Gasteiger partial charge in [0.25, 0.3) is 0 Å². The average molecular weight is 305 g/mol. The number of likely N-dealkylation sites (tertiary alicyclic amines) is 1. The number of ether oxygens (including phenoxy) is 1. The fourth-order valence-electron chi connectivity index (χ4n) is 2.58. The second-order valence-electron chi connectivity index (χ2n) is 5.79. The highest BCUT2D eigenvalue weighted by Gasteiger charge is 2.24. The lowest BCUT2D eigenvalue weighted by Crippen LogP contribution is -2.41. The van der Waals surface area contributed by atoms with Gasteiger partial charge in [-0.05, 0) is 20.8 Å². The van der Waals surface area contributed by atoms with Crippen molar-refractivity contribution < 1.29 is 14.3 Å². The summed E-state index contributed by atoms with van der Waals surface area (Å²) >= 11 is 0. The molecule has 1 fully saturated rings. The first-order valence-corrected chi connectivity index (χ1v) is 7.70. The van der Waals surface area contributed by atoms with Crippen LogP contribution in [0.2, 0.25) is 0 Å². The van der Waals surface area contributed by atoms with Gasteiger partial charge in [0.15, 0.2) is 0 Å². The average Bonchev–Trinajstić information content (AvgIpc) is 2.44. The van der Waals surface area contributed by atoms with E-state index in [0.717, 1.165) is 18.5 Å². The van der Waals surface area contributed by atoms with Gasteiger partial charge in [0.2, 0.25) is 11.8 Å². The van der Waals surface area contributed by atoms with Crippen LogP contribution < -0.4 is 4.74 Å². The Hall–Kier alpha value is -1.98. The Kier molecular flexibility index (Phi) is 5.46. The van der Waals surface area contributed by atoms with E-state index in [4.69, 9.17) is 4.74 Å². The molecule has 120 valence electrons. The predicted molar refractivity (Wildman–Crippen MR) is 81.7 cm³/mol. The fraction of sp³-hybridized carbons (Fsp3) is 0.625. The molecule has 22 heavy (non-hydrogen) atoms. The number of aryl methyl sites for hydroxylation is 2. The molecule has 2 rings (SSSR count). The van der Waals surface area contributed by atoms with Crippen LogP contribution in [0.4, 0.5) is 0 Å². The van der Waals surface area contributed by atoms with Crippen LogP contribution in [0.25, 0.3) is 0 Å². The van der Waals surface area contributed by atoms with Crippen molar-refractivity contribution in [2.75, 3.05) is 13.1 Å². The van der Waals surface area contributed by atoms with Crippen molar-refractivity contribution in [3.05, 3.63) is 17.6 Å². The van der Waals surface area contributed by atoms with Crippen LogP contribution in [0.1, 0.15) is 44.1 Å². The summed E-state index contributed by atoms with van der Waals surface area (Å²) < 4.78 is 5.90. The van der Waals surface area contributed by atoms with E-state index in [2.05, 4.69) is 9.97 Å². The minimum atomic E-state index is 0.0565. The highest BCUT2D eigenvalue weighted by atomic mass is 16.5. The molecule has 1 amide bonds. The van der Waals surface area contributed by atoms with E-state index in [1.54, 1.807) is 0 Å². The van der Waals surface area contributed by atoms with Crippen molar-refractivity contribution >= 4 is 11.7 Å². The minimum Gasteiger partial charge on any atom is -0.474 e. The minimum absolute atomic E-state index is 0.0565. The van der Waals surface area contributed by atoms with Gasteiger partial charge < -0.3 is 14.4 Å². The summed E-state index contributed by atoms with van der Waals surface area (Å²) in [6.45, 7) is 6.61. The summed E-state index contributed by atoms with van der Waals surface area (Å²) in [5.74, 6) is 1.42. The van der Waals surface area contributed by atoms with Gasteiger partial charge >= 0.3 is 0 Å². The Morgan fingerprint density at radius 1 is 1.23 bits per heavy atom. The van der Waals surface area contributed by atoms with Crippen LogP contribution in [-0.4, -0.2) is 45.8 Å². The number of hydrogen-bond acceptors (Lipinski definition) is 5. The molecule has 0 radical (unpaired) electrons. The molecule has 1 aliphatic rings. The molecule has 0 saturated carbocycles. The highest BCUT2D eigenvalue weighted by molar-refractivity contribution is 5.83. The first kappa shape index (κ1) is 16.4. The molecule has 6 nitrogen and oxygen atoms in total. The molecule has 0 spiro atoms. The Morgan fingerprint density at radius 3 is 2.50 bits per heavy atom. The molecule has 0 aliphatic carbocycles. The number of hydrogen-bond donors (Lipinski definition) is 0. The van der Waals surface area contributed by atoms with Gasteiger partial charge in [-0.1, -0.05) is 0 Å². The fourth-order valence-corrected chi connectivity index (χ4v) is 2.58. The summed E-state index contributed by atoms with van der Waals surface area (Å²) in [7, 11) is 0. The van der Waals surface area contributed by atoms with Crippen LogP contribution in [0.5, 0.6) is 5.88 Å². The topological polar surface area (TPSA) is 72.4 Å². The van der Waals surface area contributed by atoms with Crippen LogP contribution in [-0.2, 0) is 9.59 Å². The summed E-state index contributed by atoms with van der Waals surface area (Å²) in [6.07, 6.45) is 2.28. The highest BCUT2D eigenvalue weighted by Crippen LogP contribution is 2.18. The van der Waals surface area contributed by atoms with Crippen molar-refractivity contribution in [2.24, 2.45) is 0 Å². The molecule has 2 heterocycles. The quantitative estimate of drug-likeness (QED) is 0.830. The largest absolute Gasteiger partial charge is 0.474 e.